The molecule has 1 N–H and O–H groups in total. The van der Waals surface area contributed by atoms with Gasteiger partial charge in [0.2, 0.25) is 0 Å². The van der Waals surface area contributed by atoms with Gasteiger partial charge in [0.15, 0.2) is 0 Å². The van der Waals surface area contributed by atoms with E-state index in [0.29, 0.717) is 12.3 Å². The van der Waals surface area contributed by atoms with E-state index >= 15 is 0 Å². The number of rotatable bonds is 2. The maximum atomic E-state index is 12.2. The van der Waals surface area contributed by atoms with Crippen LogP contribution in [0, 0.1) is 5.92 Å². The highest BCUT2D eigenvalue weighted by molar-refractivity contribution is 5.81. The van der Waals surface area contributed by atoms with Gasteiger partial charge in [0, 0.05) is 6.04 Å². The Morgan fingerprint density at radius 3 is 2.22 bits per heavy atom. The summed E-state index contributed by atoms with van der Waals surface area (Å²) >= 11 is 0. The highest BCUT2D eigenvalue weighted by Gasteiger charge is 2.48. The molecule has 0 bridgehead atoms. The van der Waals surface area contributed by atoms with Crippen molar-refractivity contribution in [3.8, 4) is 0 Å². The summed E-state index contributed by atoms with van der Waals surface area (Å²) in [7, 11) is 0. The fraction of sp³-hybridized carbons (Fsp3) is 0.846. The molecule has 2 rings (SSSR count). The number of carboxylic acid groups (broad SMARTS) is 1. The SMILES string of the molecule is CC(C)(C)OC(=O)N1[C@@H](C(=O)O)CC[C@@H]1C1CC1. The Morgan fingerprint density at radius 2 is 1.78 bits per heavy atom. The van der Waals surface area contributed by atoms with Crippen molar-refractivity contribution in [2.45, 2.75) is 64.1 Å². The van der Waals surface area contributed by atoms with Crippen LogP contribution in [0.15, 0.2) is 0 Å². The molecule has 5 heteroatoms. The maximum Gasteiger partial charge on any atom is 0.411 e. The van der Waals surface area contributed by atoms with Crippen molar-refractivity contribution in [1.82, 2.24) is 4.90 Å². The molecule has 5 nitrogen and oxygen atoms in total. The maximum absolute atomic E-state index is 12.2. The van der Waals surface area contributed by atoms with E-state index in [0.717, 1.165) is 19.3 Å². The van der Waals surface area contributed by atoms with Crippen LogP contribution >= 0.6 is 0 Å². The summed E-state index contributed by atoms with van der Waals surface area (Å²) in [6.45, 7) is 5.38. The molecule has 2 fully saturated rings. The molecule has 1 heterocycles. The largest absolute Gasteiger partial charge is 0.480 e. The molecule has 0 spiro atoms. The van der Waals surface area contributed by atoms with Gasteiger partial charge < -0.3 is 9.84 Å². The third kappa shape index (κ3) is 2.76. The third-order valence-electron chi connectivity index (χ3n) is 3.48. The normalized spacial score (nSPS) is 28.3. The molecule has 0 aromatic heterocycles. The lowest BCUT2D eigenvalue weighted by atomic mass is 10.1. The molecule has 1 saturated heterocycles. The van der Waals surface area contributed by atoms with Crippen LogP contribution in [0.2, 0.25) is 0 Å². The van der Waals surface area contributed by atoms with Gasteiger partial charge in [0.05, 0.1) is 0 Å². The fourth-order valence-electron chi connectivity index (χ4n) is 2.60. The van der Waals surface area contributed by atoms with E-state index in [-0.39, 0.29) is 6.04 Å². The van der Waals surface area contributed by atoms with Gasteiger partial charge in [0.25, 0.3) is 0 Å². The molecule has 1 aliphatic carbocycles. The molecule has 102 valence electrons. The predicted octanol–water partition coefficient (Wildman–Crippen LogP) is 2.25. The summed E-state index contributed by atoms with van der Waals surface area (Å²) in [5, 5.41) is 9.20. The first-order chi connectivity index (χ1) is 8.29. The van der Waals surface area contributed by atoms with E-state index in [1.807, 2.05) is 0 Å². The van der Waals surface area contributed by atoms with Gasteiger partial charge in [-0.2, -0.15) is 0 Å². The number of aliphatic carboxylic acids is 1. The summed E-state index contributed by atoms with van der Waals surface area (Å²) in [6, 6.07) is -0.661. The fourth-order valence-corrected chi connectivity index (χ4v) is 2.60. The van der Waals surface area contributed by atoms with Gasteiger partial charge in [-0.15, -0.1) is 0 Å². The Labute approximate surface area is 107 Å². The number of carbonyl (C=O) groups is 2. The second-order valence-electron chi connectivity index (χ2n) is 6.22. The van der Waals surface area contributed by atoms with Gasteiger partial charge in [-0.1, -0.05) is 0 Å². The van der Waals surface area contributed by atoms with Crippen molar-refractivity contribution >= 4 is 12.1 Å². The number of hydrogen-bond donors (Lipinski definition) is 1. The molecule has 2 aliphatic rings. The Hall–Kier alpha value is -1.26. The summed E-state index contributed by atoms with van der Waals surface area (Å²) < 4.78 is 5.33. The number of ether oxygens (including phenoxy) is 1. The second kappa shape index (κ2) is 4.44. The minimum Gasteiger partial charge on any atom is -0.480 e. The van der Waals surface area contributed by atoms with Crippen LogP contribution in [0.25, 0.3) is 0 Å². The first-order valence-corrected chi connectivity index (χ1v) is 6.54. The zero-order valence-corrected chi connectivity index (χ0v) is 11.2. The summed E-state index contributed by atoms with van der Waals surface area (Å²) in [5.74, 6) is -0.453. The van der Waals surface area contributed by atoms with Crippen molar-refractivity contribution < 1.29 is 19.4 Å². The highest BCUT2D eigenvalue weighted by Crippen LogP contribution is 2.42. The van der Waals surface area contributed by atoms with Crippen molar-refractivity contribution in [2.75, 3.05) is 0 Å². The molecule has 0 aromatic rings. The summed E-state index contributed by atoms with van der Waals surface area (Å²) in [6.07, 6.45) is 3.02. The summed E-state index contributed by atoms with van der Waals surface area (Å²) in [5.41, 5.74) is -0.586. The quantitative estimate of drug-likeness (QED) is 0.821. The lowest BCUT2D eigenvalue weighted by molar-refractivity contribution is -0.142. The average molecular weight is 255 g/mol. The first kappa shape index (κ1) is 13.2. The van der Waals surface area contributed by atoms with Gasteiger partial charge in [-0.25, -0.2) is 9.59 Å². The van der Waals surface area contributed by atoms with E-state index in [9.17, 15) is 14.7 Å². The number of carbonyl (C=O) groups excluding carboxylic acids is 1. The Morgan fingerprint density at radius 1 is 1.17 bits per heavy atom. The molecule has 1 saturated carbocycles. The Kier molecular flexibility index (Phi) is 3.25. The average Bonchev–Trinajstić information content (AvgIpc) is 2.93. The molecule has 2 atom stereocenters. The number of carboxylic acids is 1. The number of likely N-dealkylation sites (tertiary alicyclic amines) is 1. The zero-order chi connectivity index (χ0) is 13.5. The van der Waals surface area contributed by atoms with Gasteiger partial charge in [-0.3, -0.25) is 4.90 Å². The van der Waals surface area contributed by atoms with E-state index in [2.05, 4.69) is 0 Å². The molecular formula is C13H21NO4. The van der Waals surface area contributed by atoms with Gasteiger partial charge in [-0.05, 0) is 52.4 Å². The molecule has 0 unspecified atom stereocenters. The lowest BCUT2D eigenvalue weighted by Gasteiger charge is -2.31. The Bertz CT molecular complexity index is 356. The molecule has 1 aliphatic heterocycles. The number of nitrogens with zero attached hydrogens (tertiary/aromatic N) is 1. The predicted molar refractivity (Wildman–Crippen MR) is 65.2 cm³/mol. The van der Waals surface area contributed by atoms with Crippen LogP contribution in [0.4, 0.5) is 4.79 Å². The van der Waals surface area contributed by atoms with Crippen molar-refractivity contribution in [3.05, 3.63) is 0 Å². The van der Waals surface area contributed by atoms with Crippen molar-refractivity contribution in [1.29, 1.82) is 0 Å². The monoisotopic (exact) mass is 255 g/mol. The number of hydrogen-bond acceptors (Lipinski definition) is 3. The minimum atomic E-state index is -0.927. The van der Waals surface area contributed by atoms with Crippen LogP contribution in [-0.4, -0.2) is 39.8 Å². The zero-order valence-electron chi connectivity index (χ0n) is 11.2. The standard InChI is InChI=1S/C13H21NO4/c1-13(2,3)18-12(17)14-9(8-4-5-8)6-7-10(14)11(15)16/h8-10H,4-7H2,1-3H3,(H,15,16)/t9-,10-/m1/s1. The minimum absolute atomic E-state index is 0.0564. The van der Waals surface area contributed by atoms with E-state index in [4.69, 9.17) is 4.74 Å². The number of amides is 1. The smallest absolute Gasteiger partial charge is 0.411 e. The highest BCUT2D eigenvalue weighted by atomic mass is 16.6. The van der Waals surface area contributed by atoms with E-state index < -0.39 is 23.7 Å². The third-order valence-corrected chi connectivity index (χ3v) is 3.48. The summed E-state index contributed by atoms with van der Waals surface area (Å²) in [4.78, 5) is 24.8. The van der Waals surface area contributed by atoms with Crippen LogP contribution in [0.1, 0.15) is 46.5 Å². The molecular weight excluding hydrogens is 234 g/mol. The lowest BCUT2D eigenvalue weighted by Crippen LogP contribution is -2.47. The van der Waals surface area contributed by atoms with Crippen LogP contribution in [-0.2, 0) is 9.53 Å². The van der Waals surface area contributed by atoms with Gasteiger partial charge in [0.1, 0.15) is 11.6 Å². The molecule has 0 aromatic carbocycles. The van der Waals surface area contributed by atoms with Crippen molar-refractivity contribution in [3.63, 3.8) is 0 Å². The molecule has 18 heavy (non-hydrogen) atoms. The topological polar surface area (TPSA) is 66.8 Å². The first-order valence-electron chi connectivity index (χ1n) is 6.54. The van der Waals surface area contributed by atoms with Crippen LogP contribution < -0.4 is 0 Å². The second-order valence-corrected chi connectivity index (χ2v) is 6.22. The molecule has 0 radical (unpaired) electrons. The van der Waals surface area contributed by atoms with Crippen LogP contribution in [0.3, 0.4) is 0 Å². The van der Waals surface area contributed by atoms with Gasteiger partial charge >= 0.3 is 12.1 Å². The van der Waals surface area contributed by atoms with Crippen molar-refractivity contribution in [2.24, 2.45) is 5.92 Å². The van der Waals surface area contributed by atoms with E-state index in [1.54, 1.807) is 20.8 Å². The Balaban J connectivity index is 2.12. The molecule has 1 amide bonds. The van der Waals surface area contributed by atoms with Crippen LogP contribution in [0.5, 0.6) is 0 Å². The van der Waals surface area contributed by atoms with E-state index in [1.165, 1.54) is 4.90 Å².